The fraction of sp³-hybridized carbons (Fsp3) is 0.138. The van der Waals surface area contributed by atoms with Crippen molar-refractivity contribution >= 4 is 17.5 Å². The molecule has 0 aliphatic heterocycles. The van der Waals surface area contributed by atoms with E-state index in [9.17, 15) is 14.4 Å². The average Bonchev–Trinajstić information content (AvgIpc) is 3.61. The van der Waals surface area contributed by atoms with Gasteiger partial charge in [0.2, 0.25) is 0 Å². The SMILES string of the molecule is CC(C)(C)c1cc(NC(=O)Nc2ccc(Oc3ccnc(-c4ccon4)c3)cc2F)n(-c2cccc(C#N)c2)n1. The van der Waals surface area contributed by atoms with E-state index in [0.717, 1.165) is 5.69 Å². The molecule has 200 valence electrons. The molecule has 5 aromatic rings. The number of halogens is 1. The number of nitrogens with zero attached hydrogens (tertiary/aromatic N) is 5. The summed E-state index contributed by atoms with van der Waals surface area (Å²) in [5, 5.41) is 23.0. The van der Waals surface area contributed by atoms with Crippen molar-refractivity contribution in [3.63, 3.8) is 0 Å². The Kier molecular flexibility index (Phi) is 6.99. The molecule has 0 aliphatic rings. The Morgan fingerprint density at radius 3 is 2.58 bits per heavy atom. The van der Waals surface area contributed by atoms with Gasteiger partial charge in [0.1, 0.15) is 35.1 Å². The second-order valence-corrected chi connectivity index (χ2v) is 9.82. The van der Waals surface area contributed by atoms with Gasteiger partial charge in [-0.05, 0) is 36.4 Å². The number of hydrogen-bond donors (Lipinski definition) is 2. The highest BCUT2D eigenvalue weighted by Gasteiger charge is 2.22. The van der Waals surface area contributed by atoms with Crippen LogP contribution >= 0.6 is 0 Å². The lowest BCUT2D eigenvalue weighted by molar-refractivity contribution is 0.262. The normalized spacial score (nSPS) is 11.1. The van der Waals surface area contributed by atoms with Gasteiger partial charge in [0, 0.05) is 35.9 Å². The Balaban J connectivity index is 1.32. The molecule has 3 aromatic heterocycles. The molecule has 5 rings (SSSR count). The summed E-state index contributed by atoms with van der Waals surface area (Å²) in [5.74, 6) is 0.322. The van der Waals surface area contributed by atoms with Gasteiger partial charge in [0.25, 0.3) is 0 Å². The molecule has 0 spiro atoms. The lowest BCUT2D eigenvalue weighted by Crippen LogP contribution is -2.22. The van der Waals surface area contributed by atoms with Crippen LogP contribution in [0.4, 0.5) is 20.7 Å². The van der Waals surface area contributed by atoms with Crippen LogP contribution in [0, 0.1) is 17.1 Å². The monoisotopic (exact) mass is 537 g/mol. The first-order chi connectivity index (χ1) is 19.2. The van der Waals surface area contributed by atoms with E-state index in [1.54, 1.807) is 54.7 Å². The molecule has 2 N–H and O–H groups in total. The smallest absolute Gasteiger partial charge is 0.324 e. The van der Waals surface area contributed by atoms with E-state index >= 15 is 0 Å². The average molecular weight is 538 g/mol. The van der Waals surface area contributed by atoms with Gasteiger partial charge in [0.15, 0.2) is 0 Å². The van der Waals surface area contributed by atoms with Gasteiger partial charge < -0.3 is 14.6 Å². The maximum atomic E-state index is 14.9. The number of pyridine rings is 1. The van der Waals surface area contributed by atoms with Crippen molar-refractivity contribution < 1.29 is 18.4 Å². The fourth-order valence-corrected chi connectivity index (χ4v) is 3.77. The number of rotatable bonds is 6. The van der Waals surface area contributed by atoms with Crippen LogP contribution in [0.25, 0.3) is 17.1 Å². The lowest BCUT2D eigenvalue weighted by Gasteiger charge is -2.14. The third kappa shape index (κ3) is 5.81. The minimum Gasteiger partial charge on any atom is -0.457 e. The van der Waals surface area contributed by atoms with Crippen LogP contribution in [0.2, 0.25) is 0 Å². The Morgan fingerprint density at radius 2 is 1.85 bits per heavy atom. The van der Waals surface area contributed by atoms with Crippen molar-refractivity contribution in [2.45, 2.75) is 26.2 Å². The summed E-state index contributed by atoms with van der Waals surface area (Å²) < 4.78 is 27.1. The van der Waals surface area contributed by atoms with E-state index < -0.39 is 11.8 Å². The standard InChI is InChI=1S/C29H24FN7O3/c1-29(2,3)26-16-27(37(35-26)19-6-4-5-18(13-19)17-31)34-28(38)33-23-8-7-20(14-22(23)30)40-21-9-11-32-25(15-21)24-10-12-39-36-24/h4-16H,1-3H3,(H2,33,34,38). The zero-order chi connectivity index (χ0) is 28.3. The Bertz CT molecular complexity index is 1720. The third-order valence-electron chi connectivity index (χ3n) is 5.80. The van der Waals surface area contributed by atoms with Gasteiger partial charge in [-0.1, -0.05) is 32.0 Å². The maximum Gasteiger partial charge on any atom is 0.324 e. The van der Waals surface area contributed by atoms with Crippen LogP contribution in [0.15, 0.2) is 83.7 Å². The van der Waals surface area contributed by atoms with E-state index in [4.69, 9.17) is 9.26 Å². The van der Waals surface area contributed by atoms with Gasteiger partial charge in [-0.2, -0.15) is 10.4 Å². The second kappa shape index (κ2) is 10.7. The molecule has 2 aromatic carbocycles. The minimum absolute atomic E-state index is 0.0450. The van der Waals surface area contributed by atoms with Gasteiger partial charge in [-0.3, -0.25) is 10.3 Å². The van der Waals surface area contributed by atoms with Gasteiger partial charge in [-0.25, -0.2) is 13.9 Å². The first-order valence-electron chi connectivity index (χ1n) is 12.2. The van der Waals surface area contributed by atoms with Crippen LogP contribution in [0.3, 0.4) is 0 Å². The van der Waals surface area contributed by atoms with Crippen molar-refractivity contribution in [1.29, 1.82) is 5.26 Å². The number of benzene rings is 2. The number of anilines is 2. The second-order valence-electron chi connectivity index (χ2n) is 9.82. The number of ether oxygens (including phenoxy) is 1. The maximum absolute atomic E-state index is 14.9. The number of nitriles is 1. The summed E-state index contributed by atoms with van der Waals surface area (Å²) in [4.78, 5) is 17.1. The Morgan fingerprint density at radius 1 is 1.02 bits per heavy atom. The number of urea groups is 1. The fourth-order valence-electron chi connectivity index (χ4n) is 3.77. The molecule has 10 nitrogen and oxygen atoms in total. The Hall–Kier alpha value is -5.50. The molecule has 0 saturated carbocycles. The van der Waals surface area contributed by atoms with E-state index in [2.05, 4.69) is 31.9 Å². The van der Waals surface area contributed by atoms with Gasteiger partial charge in [0.05, 0.1) is 34.4 Å². The molecule has 11 heteroatoms. The first kappa shape index (κ1) is 26.1. The summed E-state index contributed by atoms with van der Waals surface area (Å²) in [6.07, 6.45) is 2.98. The molecule has 0 atom stereocenters. The van der Waals surface area contributed by atoms with Crippen molar-refractivity contribution in [3.8, 4) is 34.6 Å². The number of carbonyl (C=O) groups is 1. The van der Waals surface area contributed by atoms with E-state index in [1.165, 1.54) is 29.1 Å². The number of carbonyl (C=O) groups excluding carboxylic acids is 1. The number of aromatic nitrogens is 4. The topological polar surface area (TPSA) is 131 Å². The van der Waals surface area contributed by atoms with Crippen molar-refractivity contribution in [2.24, 2.45) is 0 Å². The number of hydrogen-bond acceptors (Lipinski definition) is 7. The van der Waals surface area contributed by atoms with E-state index in [0.29, 0.717) is 34.2 Å². The Labute approximate surface area is 229 Å². The highest BCUT2D eigenvalue weighted by molar-refractivity contribution is 5.99. The lowest BCUT2D eigenvalue weighted by atomic mass is 9.92. The van der Waals surface area contributed by atoms with Crippen molar-refractivity contribution in [3.05, 3.63) is 96.3 Å². The van der Waals surface area contributed by atoms with Crippen LogP contribution in [-0.2, 0) is 5.41 Å². The molecule has 2 amide bonds. The third-order valence-corrected chi connectivity index (χ3v) is 5.80. The molecule has 0 bridgehead atoms. The van der Waals surface area contributed by atoms with E-state index in [1.807, 2.05) is 20.8 Å². The van der Waals surface area contributed by atoms with Crippen LogP contribution in [0.1, 0.15) is 32.0 Å². The summed E-state index contributed by atoms with van der Waals surface area (Å²) in [7, 11) is 0. The van der Waals surface area contributed by atoms with Crippen LogP contribution < -0.4 is 15.4 Å². The largest absolute Gasteiger partial charge is 0.457 e. The predicted molar refractivity (Wildman–Crippen MR) is 146 cm³/mol. The molecule has 3 heterocycles. The summed E-state index contributed by atoms with van der Waals surface area (Å²) in [6.45, 7) is 5.99. The molecule has 0 aliphatic carbocycles. The molecule has 0 radical (unpaired) electrons. The number of nitrogens with one attached hydrogen (secondary N) is 2. The zero-order valence-electron chi connectivity index (χ0n) is 21.8. The molecule has 0 fully saturated rings. The van der Waals surface area contributed by atoms with Crippen LogP contribution in [0.5, 0.6) is 11.5 Å². The molecule has 40 heavy (non-hydrogen) atoms. The zero-order valence-corrected chi connectivity index (χ0v) is 21.8. The summed E-state index contributed by atoms with van der Waals surface area (Å²) in [5.41, 5.74) is 2.49. The number of amides is 2. The molecular formula is C29H24FN7O3. The highest BCUT2D eigenvalue weighted by Crippen LogP contribution is 2.29. The molecule has 0 saturated heterocycles. The quantitative estimate of drug-likeness (QED) is 0.247. The minimum atomic E-state index is -0.691. The molecular weight excluding hydrogens is 513 g/mol. The van der Waals surface area contributed by atoms with Crippen molar-refractivity contribution in [1.82, 2.24) is 19.9 Å². The first-order valence-corrected chi connectivity index (χ1v) is 12.2. The van der Waals surface area contributed by atoms with Crippen LogP contribution in [-0.4, -0.2) is 26.0 Å². The summed E-state index contributed by atoms with van der Waals surface area (Å²) >= 11 is 0. The van der Waals surface area contributed by atoms with E-state index in [-0.39, 0.29) is 16.9 Å². The van der Waals surface area contributed by atoms with Gasteiger partial charge in [-0.15, -0.1) is 0 Å². The van der Waals surface area contributed by atoms with Crippen molar-refractivity contribution in [2.75, 3.05) is 10.6 Å². The summed E-state index contributed by atoms with van der Waals surface area (Å²) in [6, 6.07) is 19.1. The predicted octanol–water partition coefficient (Wildman–Crippen LogP) is 6.67. The van der Waals surface area contributed by atoms with Gasteiger partial charge >= 0.3 is 6.03 Å². The highest BCUT2D eigenvalue weighted by atomic mass is 19.1. The molecule has 0 unspecified atom stereocenters.